The van der Waals surface area contributed by atoms with Gasteiger partial charge in [-0.05, 0) is 61.4 Å². The minimum atomic E-state index is 0.179. The Morgan fingerprint density at radius 3 is 2.61 bits per heavy atom. The summed E-state index contributed by atoms with van der Waals surface area (Å²) in [5.74, 6) is 2.02. The average Bonchev–Trinajstić information content (AvgIpc) is 3.15. The molecule has 1 fully saturated rings. The topological polar surface area (TPSA) is 71.6 Å². The number of nitrogens with zero attached hydrogens (tertiary/aromatic N) is 2. The molecule has 2 aromatic carbocycles. The molecule has 3 aromatic rings. The van der Waals surface area contributed by atoms with Crippen LogP contribution in [0.1, 0.15) is 13.3 Å². The first kappa shape index (κ1) is 18.3. The first-order valence-electron chi connectivity index (χ1n) is 9.68. The van der Waals surface area contributed by atoms with Crippen LogP contribution in [0.3, 0.4) is 0 Å². The highest BCUT2D eigenvalue weighted by Crippen LogP contribution is 2.35. The van der Waals surface area contributed by atoms with E-state index in [4.69, 9.17) is 15.5 Å². The Morgan fingerprint density at radius 1 is 1.11 bits per heavy atom. The molecule has 1 saturated heterocycles. The van der Waals surface area contributed by atoms with Gasteiger partial charge in [0.25, 0.3) is 0 Å². The van der Waals surface area contributed by atoms with Crippen molar-refractivity contribution in [3.63, 3.8) is 0 Å². The van der Waals surface area contributed by atoms with Crippen LogP contribution >= 0.6 is 0 Å². The van der Waals surface area contributed by atoms with E-state index in [0.29, 0.717) is 6.61 Å². The van der Waals surface area contributed by atoms with Gasteiger partial charge in [-0.25, -0.2) is 4.98 Å². The minimum absolute atomic E-state index is 0.179. The number of phenolic OH excluding ortho intramolecular Hbond substituents is 1. The summed E-state index contributed by atoms with van der Waals surface area (Å²) in [5, 5.41) is 9.63. The van der Waals surface area contributed by atoms with E-state index in [0.717, 1.165) is 53.5 Å². The molecule has 0 spiro atoms. The van der Waals surface area contributed by atoms with Gasteiger partial charge in [-0.1, -0.05) is 18.2 Å². The maximum absolute atomic E-state index is 9.63. The van der Waals surface area contributed by atoms with Crippen LogP contribution in [0.15, 0.2) is 60.7 Å². The van der Waals surface area contributed by atoms with Crippen LogP contribution in [0.2, 0.25) is 0 Å². The van der Waals surface area contributed by atoms with E-state index >= 15 is 0 Å². The molecule has 3 N–H and O–H groups in total. The predicted molar refractivity (Wildman–Crippen MR) is 113 cm³/mol. The van der Waals surface area contributed by atoms with Gasteiger partial charge in [-0.15, -0.1) is 0 Å². The zero-order chi connectivity index (χ0) is 19.5. The number of rotatable bonds is 5. The third-order valence-corrected chi connectivity index (χ3v) is 5.02. The second kappa shape index (κ2) is 7.90. The molecule has 0 radical (unpaired) electrons. The van der Waals surface area contributed by atoms with E-state index in [9.17, 15) is 5.11 Å². The summed E-state index contributed by atoms with van der Waals surface area (Å²) in [6.07, 6.45) is 0.968. The molecular weight excluding hydrogens is 350 g/mol. The first-order chi connectivity index (χ1) is 13.6. The van der Waals surface area contributed by atoms with Crippen LogP contribution in [0.5, 0.6) is 11.5 Å². The lowest BCUT2D eigenvalue weighted by atomic mass is 10.0. The van der Waals surface area contributed by atoms with Crippen LogP contribution < -0.4 is 15.4 Å². The zero-order valence-electron chi connectivity index (χ0n) is 16.0. The maximum Gasteiger partial charge on any atom is 0.129 e. The Hall–Kier alpha value is -3.05. The maximum atomic E-state index is 9.63. The summed E-state index contributed by atoms with van der Waals surface area (Å²) < 4.78 is 5.85. The smallest absolute Gasteiger partial charge is 0.129 e. The molecule has 1 aromatic heterocycles. The van der Waals surface area contributed by atoms with Gasteiger partial charge in [0.05, 0.1) is 12.3 Å². The van der Waals surface area contributed by atoms with Gasteiger partial charge < -0.3 is 20.5 Å². The number of ether oxygens (including phenoxy) is 1. The minimum Gasteiger partial charge on any atom is -0.508 e. The van der Waals surface area contributed by atoms with Gasteiger partial charge in [0.15, 0.2) is 0 Å². The summed E-state index contributed by atoms with van der Waals surface area (Å²) in [6, 6.07) is 19.6. The molecule has 0 bridgehead atoms. The van der Waals surface area contributed by atoms with Gasteiger partial charge in [-0.2, -0.15) is 0 Å². The largest absolute Gasteiger partial charge is 0.508 e. The second-order valence-electron chi connectivity index (χ2n) is 7.07. The standard InChI is InChI=1S/C23H25N3O2/c1-2-28-22-6-4-3-5-20(22)17-13-21(16-7-9-19(27)10-8-16)25-23(14-17)26-12-11-18(24)15-26/h3-10,13-14,18,27H,2,11-12,15,24H2,1H3. The number of anilines is 1. The van der Waals surface area contributed by atoms with Crippen molar-refractivity contribution < 1.29 is 9.84 Å². The van der Waals surface area contributed by atoms with Gasteiger partial charge >= 0.3 is 0 Å². The molecule has 0 saturated carbocycles. The Morgan fingerprint density at radius 2 is 1.89 bits per heavy atom. The van der Waals surface area contributed by atoms with Crippen molar-refractivity contribution in [1.82, 2.24) is 4.98 Å². The van der Waals surface area contributed by atoms with E-state index in [1.165, 1.54) is 0 Å². The van der Waals surface area contributed by atoms with E-state index in [2.05, 4.69) is 23.1 Å². The highest BCUT2D eigenvalue weighted by atomic mass is 16.5. The van der Waals surface area contributed by atoms with E-state index in [-0.39, 0.29) is 11.8 Å². The number of aromatic nitrogens is 1. The van der Waals surface area contributed by atoms with Gasteiger partial charge in [0.1, 0.15) is 17.3 Å². The fourth-order valence-corrected chi connectivity index (χ4v) is 3.60. The fraction of sp³-hybridized carbons (Fsp3) is 0.261. The molecule has 1 aliphatic rings. The Balaban J connectivity index is 1.83. The number of para-hydroxylation sites is 1. The van der Waals surface area contributed by atoms with Crippen molar-refractivity contribution >= 4 is 5.82 Å². The van der Waals surface area contributed by atoms with Crippen molar-refractivity contribution in [1.29, 1.82) is 0 Å². The molecule has 4 rings (SSSR count). The van der Waals surface area contributed by atoms with E-state index < -0.39 is 0 Å². The first-order valence-corrected chi connectivity index (χ1v) is 9.68. The van der Waals surface area contributed by atoms with Crippen LogP contribution in [0.4, 0.5) is 5.82 Å². The number of hydrogen-bond donors (Lipinski definition) is 2. The average molecular weight is 375 g/mol. The molecule has 1 unspecified atom stereocenters. The lowest BCUT2D eigenvalue weighted by Gasteiger charge is -2.20. The number of benzene rings is 2. The van der Waals surface area contributed by atoms with Crippen molar-refractivity contribution in [2.75, 3.05) is 24.6 Å². The van der Waals surface area contributed by atoms with Gasteiger partial charge in [0, 0.05) is 30.3 Å². The third-order valence-electron chi connectivity index (χ3n) is 5.02. The highest BCUT2D eigenvalue weighted by Gasteiger charge is 2.22. The molecule has 2 heterocycles. The predicted octanol–water partition coefficient (Wildman–Crippen LogP) is 4.06. The Labute approximate surface area is 165 Å². The molecule has 0 aliphatic carbocycles. The van der Waals surface area contributed by atoms with Crippen molar-refractivity contribution in [3.05, 3.63) is 60.7 Å². The molecular formula is C23H25N3O2. The normalized spacial score (nSPS) is 16.4. The third kappa shape index (κ3) is 3.80. The van der Waals surface area contributed by atoms with Crippen LogP contribution in [0, 0.1) is 0 Å². The quantitative estimate of drug-likeness (QED) is 0.704. The van der Waals surface area contributed by atoms with Crippen molar-refractivity contribution in [3.8, 4) is 33.9 Å². The molecule has 5 heteroatoms. The van der Waals surface area contributed by atoms with E-state index in [1.54, 1.807) is 12.1 Å². The summed E-state index contributed by atoms with van der Waals surface area (Å²) in [4.78, 5) is 7.14. The lowest BCUT2D eigenvalue weighted by Crippen LogP contribution is -2.27. The summed E-state index contributed by atoms with van der Waals surface area (Å²) in [5.41, 5.74) is 10.0. The van der Waals surface area contributed by atoms with Gasteiger partial charge in [-0.3, -0.25) is 0 Å². The zero-order valence-corrected chi connectivity index (χ0v) is 16.0. The van der Waals surface area contributed by atoms with Gasteiger partial charge in [0.2, 0.25) is 0 Å². The molecule has 1 aliphatic heterocycles. The molecule has 0 amide bonds. The highest BCUT2D eigenvalue weighted by molar-refractivity contribution is 5.77. The SMILES string of the molecule is CCOc1ccccc1-c1cc(-c2ccc(O)cc2)nc(N2CCC(N)C2)c1. The van der Waals surface area contributed by atoms with Crippen LogP contribution in [-0.4, -0.2) is 35.8 Å². The number of nitrogens with two attached hydrogens (primary N) is 1. The summed E-state index contributed by atoms with van der Waals surface area (Å²) in [7, 11) is 0. The molecule has 1 atom stereocenters. The number of aromatic hydroxyl groups is 1. The molecule has 5 nitrogen and oxygen atoms in total. The number of hydrogen-bond acceptors (Lipinski definition) is 5. The van der Waals surface area contributed by atoms with E-state index in [1.807, 2.05) is 37.3 Å². The number of pyridine rings is 1. The number of phenols is 1. The van der Waals surface area contributed by atoms with Crippen LogP contribution in [0.25, 0.3) is 22.4 Å². The monoisotopic (exact) mass is 375 g/mol. The summed E-state index contributed by atoms with van der Waals surface area (Å²) >= 11 is 0. The van der Waals surface area contributed by atoms with Crippen LogP contribution in [-0.2, 0) is 0 Å². The Kier molecular flexibility index (Phi) is 5.17. The van der Waals surface area contributed by atoms with Crippen molar-refractivity contribution in [2.24, 2.45) is 5.73 Å². The lowest BCUT2D eigenvalue weighted by molar-refractivity contribution is 0.341. The second-order valence-corrected chi connectivity index (χ2v) is 7.07. The fourth-order valence-electron chi connectivity index (χ4n) is 3.60. The molecule has 144 valence electrons. The molecule has 28 heavy (non-hydrogen) atoms. The Bertz CT molecular complexity index is 956. The van der Waals surface area contributed by atoms with Crippen molar-refractivity contribution in [2.45, 2.75) is 19.4 Å². The summed E-state index contributed by atoms with van der Waals surface area (Å²) in [6.45, 7) is 4.31.